The van der Waals surface area contributed by atoms with Crippen LogP contribution < -0.4 is 10.2 Å². The Kier molecular flexibility index (Phi) is 6.51. The Labute approximate surface area is 181 Å². The number of hydrogen-bond donors (Lipinski definition) is 1. The third-order valence-electron chi connectivity index (χ3n) is 4.68. The van der Waals surface area contributed by atoms with E-state index >= 15 is 0 Å². The Morgan fingerprint density at radius 3 is 2.20 bits per heavy atom. The van der Waals surface area contributed by atoms with E-state index < -0.39 is 23.8 Å². The number of esters is 2. The van der Waals surface area contributed by atoms with Crippen molar-refractivity contribution in [1.29, 1.82) is 0 Å². The van der Waals surface area contributed by atoms with Gasteiger partial charge in [0.1, 0.15) is 0 Å². The molecule has 0 spiro atoms. The number of para-hydroxylation sites is 1. The molecule has 1 aliphatic rings. The third-order valence-corrected chi connectivity index (χ3v) is 5.35. The highest BCUT2D eigenvalue weighted by Crippen LogP contribution is 2.31. The van der Waals surface area contributed by atoms with Gasteiger partial charge in [0, 0.05) is 23.1 Å². The van der Waals surface area contributed by atoms with Gasteiger partial charge in [0.25, 0.3) is 0 Å². The number of carbonyl (C=O) groups excluding carboxylic acids is 4. The first-order valence-corrected chi connectivity index (χ1v) is 9.80. The van der Waals surface area contributed by atoms with Crippen molar-refractivity contribution < 1.29 is 28.7 Å². The maximum atomic E-state index is 12.8. The molecule has 2 aromatic rings. The summed E-state index contributed by atoms with van der Waals surface area (Å²) in [6, 6.07) is 11.4. The van der Waals surface area contributed by atoms with Crippen molar-refractivity contribution in [2.45, 2.75) is 6.42 Å². The molecule has 3 rings (SSSR count). The lowest BCUT2D eigenvalue weighted by Crippen LogP contribution is -2.28. The number of methoxy groups -OCH3 is 2. The van der Waals surface area contributed by atoms with Crippen LogP contribution in [0.4, 0.5) is 11.4 Å². The number of nitrogens with one attached hydrogen (secondary N) is 1. The molecule has 30 heavy (non-hydrogen) atoms. The zero-order valence-electron chi connectivity index (χ0n) is 16.3. The highest BCUT2D eigenvalue weighted by atomic mass is 79.9. The van der Waals surface area contributed by atoms with Crippen LogP contribution in [0.1, 0.15) is 27.1 Å². The normalized spacial score (nSPS) is 15.6. The van der Waals surface area contributed by atoms with Crippen LogP contribution in [0, 0.1) is 5.92 Å². The molecule has 156 valence electrons. The molecule has 0 radical (unpaired) electrons. The Hall–Kier alpha value is -3.20. The van der Waals surface area contributed by atoms with Gasteiger partial charge in [-0.05, 0) is 46.3 Å². The Bertz CT molecular complexity index is 988. The van der Waals surface area contributed by atoms with Crippen LogP contribution in [0.25, 0.3) is 0 Å². The largest absolute Gasteiger partial charge is 0.465 e. The van der Waals surface area contributed by atoms with Crippen molar-refractivity contribution in [1.82, 2.24) is 0 Å². The zero-order valence-corrected chi connectivity index (χ0v) is 17.9. The summed E-state index contributed by atoms with van der Waals surface area (Å²) in [5, 5.41) is 2.68. The minimum atomic E-state index is -0.660. The molecule has 1 heterocycles. The quantitative estimate of drug-likeness (QED) is 0.668. The van der Waals surface area contributed by atoms with Crippen LogP contribution >= 0.6 is 15.9 Å². The average molecular weight is 475 g/mol. The molecule has 2 aromatic carbocycles. The molecule has 9 heteroatoms. The van der Waals surface area contributed by atoms with Crippen LogP contribution in [-0.2, 0) is 19.1 Å². The number of ether oxygens (including phenoxy) is 2. The first kappa shape index (κ1) is 21.5. The second-order valence-corrected chi connectivity index (χ2v) is 7.48. The summed E-state index contributed by atoms with van der Waals surface area (Å²) >= 11 is 3.42. The smallest absolute Gasteiger partial charge is 0.337 e. The standard InChI is InChI=1S/C21H19BrN2O6/c1-29-20(27)12-7-13(21(28)30-2)9-15(8-12)23-19(26)14-10-18(25)24(11-14)17-6-4-3-5-16(17)22/h3-9,14H,10-11H2,1-2H3,(H,23,26). The lowest BCUT2D eigenvalue weighted by Gasteiger charge is -2.18. The summed E-state index contributed by atoms with van der Waals surface area (Å²) < 4.78 is 10.1. The van der Waals surface area contributed by atoms with Gasteiger partial charge in [0.15, 0.2) is 0 Å². The highest BCUT2D eigenvalue weighted by Gasteiger charge is 2.36. The summed E-state index contributed by atoms with van der Waals surface area (Å²) in [4.78, 5) is 50.6. The lowest BCUT2D eigenvalue weighted by atomic mass is 10.1. The van der Waals surface area contributed by atoms with Gasteiger partial charge in [0.2, 0.25) is 11.8 Å². The summed E-state index contributed by atoms with van der Waals surface area (Å²) in [6.45, 7) is 0.216. The molecule has 0 aromatic heterocycles. The molecule has 0 bridgehead atoms. The fourth-order valence-corrected chi connectivity index (χ4v) is 3.70. The molecule has 8 nitrogen and oxygen atoms in total. The summed E-state index contributed by atoms with van der Waals surface area (Å²) in [5.41, 5.74) is 1.11. The van der Waals surface area contributed by atoms with E-state index in [4.69, 9.17) is 9.47 Å². The molecular formula is C21H19BrN2O6. The van der Waals surface area contributed by atoms with E-state index in [-0.39, 0.29) is 35.7 Å². The van der Waals surface area contributed by atoms with Crippen LogP contribution in [0.5, 0.6) is 0 Å². The van der Waals surface area contributed by atoms with E-state index in [9.17, 15) is 19.2 Å². The van der Waals surface area contributed by atoms with Crippen LogP contribution in [0.2, 0.25) is 0 Å². The van der Waals surface area contributed by atoms with Crippen molar-refractivity contribution in [3.63, 3.8) is 0 Å². The highest BCUT2D eigenvalue weighted by molar-refractivity contribution is 9.10. The van der Waals surface area contributed by atoms with Crippen LogP contribution in [0.3, 0.4) is 0 Å². The Morgan fingerprint density at radius 2 is 1.63 bits per heavy atom. The molecule has 1 aliphatic heterocycles. The van der Waals surface area contributed by atoms with Crippen molar-refractivity contribution in [2.75, 3.05) is 31.0 Å². The monoisotopic (exact) mass is 474 g/mol. The van der Waals surface area contributed by atoms with E-state index in [1.54, 1.807) is 11.0 Å². The fraction of sp³-hybridized carbons (Fsp3) is 0.238. The number of nitrogens with zero attached hydrogens (tertiary/aromatic N) is 1. The van der Waals surface area contributed by atoms with Gasteiger partial charge in [-0.15, -0.1) is 0 Å². The van der Waals surface area contributed by atoms with E-state index in [0.29, 0.717) is 5.69 Å². The predicted octanol–water partition coefficient (Wildman–Crippen LogP) is 3.01. The third kappa shape index (κ3) is 4.51. The zero-order chi connectivity index (χ0) is 21.8. The summed E-state index contributed by atoms with van der Waals surface area (Å²) in [6.07, 6.45) is 0.0493. The predicted molar refractivity (Wildman–Crippen MR) is 112 cm³/mol. The Balaban J connectivity index is 1.80. The molecule has 2 amide bonds. The van der Waals surface area contributed by atoms with Gasteiger partial charge in [-0.25, -0.2) is 9.59 Å². The van der Waals surface area contributed by atoms with Gasteiger partial charge >= 0.3 is 11.9 Å². The maximum absolute atomic E-state index is 12.8. The maximum Gasteiger partial charge on any atom is 0.337 e. The first-order chi connectivity index (χ1) is 14.3. The van der Waals surface area contributed by atoms with Crippen molar-refractivity contribution in [3.05, 3.63) is 58.1 Å². The topological polar surface area (TPSA) is 102 Å². The van der Waals surface area contributed by atoms with E-state index in [0.717, 1.165) is 4.47 Å². The van der Waals surface area contributed by atoms with E-state index in [1.165, 1.54) is 32.4 Å². The average Bonchev–Trinajstić information content (AvgIpc) is 3.14. The molecule has 1 saturated heterocycles. The van der Waals surface area contributed by atoms with Crippen molar-refractivity contribution >= 4 is 51.1 Å². The Morgan fingerprint density at radius 1 is 1.03 bits per heavy atom. The number of carbonyl (C=O) groups is 4. The molecule has 1 unspecified atom stereocenters. The minimum Gasteiger partial charge on any atom is -0.465 e. The van der Waals surface area contributed by atoms with Crippen LogP contribution in [0.15, 0.2) is 46.9 Å². The van der Waals surface area contributed by atoms with Gasteiger partial charge in [-0.1, -0.05) is 12.1 Å². The molecule has 0 aliphatic carbocycles. The van der Waals surface area contributed by atoms with Gasteiger partial charge < -0.3 is 19.7 Å². The first-order valence-electron chi connectivity index (χ1n) is 9.01. The van der Waals surface area contributed by atoms with Gasteiger partial charge in [0.05, 0.1) is 37.0 Å². The fourth-order valence-electron chi connectivity index (χ4n) is 3.20. The minimum absolute atomic E-state index is 0.0493. The van der Waals surface area contributed by atoms with E-state index in [1.807, 2.05) is 18.2 Å². The molecular weight excluding hydrogens is 456 g/mol. The van der Waals surface area contributed by atoms with Gasteiger partial charge in [-0.3, -0.25) is 9.59 Å². The van der Waals surface area contributed by atoms with Crippen LogP contribution in [-0.4, -0.2) is 44.5 Å². The SMILES string of the molecule is COC(=O)c1cc(NC(=O)C2CC(=O)N(c3ccccc3Br)C2)cc(C(=O)OC)c1. The van der Waals surface area contributed by atoms with Gasteiger partial charge in [-0.2, -0.15) is 0 Å². The number of amides is 2. The number of benzene rings is 2. The van der Waals surface area contributed by atoms with E-state index in [2.05, 4.69) is 21.2 Å². The number of halogens is 1. The number of rotatable bonds is 5. The van der Waals surface area contributed by atoms with Crippen molar-refractivity contribution in [3.8, 4) is 0 Å². The molecule has 0 saturated carbocycles. The molecule has 1 fully saturated rings. The van der Waals surface area contributed by atoms with Crippen molar-refractivity contribution in [2.24, 2.45) is 5.92 Å². The second-order valence-electron chi connectivity index (χ2n) is 6.63. The lowest BCUT2D eigenvalue weighted by molar-refractivity contribution is -0.122. The number of anilines is 2. The summed E-state index contributed by atoms with van der Waals surface area (Å²) in [7, 11) is 2.43. The number of hydrogen-bond acceptors (Lipinski definition) is 6. The molecule has 1 N–H and O–H groups in total. The second kappa shape index (κ2) is 9.08. The molecule has 1 atom stereocenters. The summed E-state index contributed by atoms with van der Waals surface area (Å²) in [5.74, 6) is -2.47.